The quantitative estimate of drug-likeness (QED) is 0.0325. The molecule has 584 valence electrons. The van der Waals surface area contributed by atoms with E-state index in [1.807, 2.05) is 0 Å². The molecule has 0 spiro atoms. The van der Waals surface area contributed by atoms with E-state index in [1.165, 1.54) is 62.9 Å². The number of amides is 13. The molecule has 0 radical (unpaired) electrons. The fraction of sp³-hybridized carbons (Fsp3) is 0.611. The number of phenolic OH excluding ortho intramolecular Hbond substituents is 1. The minimum atomic E-state index is -1.80. The number of phenols is 1. The van der Waals surface area contributed by atoms with Crippen molar-refractivity contribution in [3.05, 3.63) is 77.5 Å². The molecule has 1 heterocycles. The smallest absolute Gasteiger partial charge is 0.268 e. The van der Waals surface area contributed by atoms with Gasteiger partial charge in [0, 0.05) is 19.4 Å². The molecule has 0 aliphatic carbocycles. The SMILES string of the molecule is C/C=C1\NC(=O)[C@H](C(C)C)NC(=O)[C@@H](Cc2ccccc2)NC(=O)[C@H](C(C)C)NC(=O)[C@H](C(C)C)NC(=O)[C@@H](C(C)C)NC(=O)[C@H]([C@H](C)O)NC(=O)[C@H](C(C)CC)NC(=O)[C@@H]([C@@H](C)O)NC(=O)[C@H](C(C)C)NC(=O)[C@H](CCSC)NC(=O)[C@@H](Cc2ccc(O)cc2)NC(=O)[C@H](CCCN=C(N)N)NC1=O. The van der Waals surface area contributed by atoms with E-state index in [4.69, 9.17) is 11.5 Å². The number of hydrogen-bond donors (Lipinski definition) is 18. The highest BCUT2D eigenvalue weighted by atomic mass is 32.2. The van der Waals surface area contributed by atoms with Crippen molar-refractivity contribution in [1.29, 1.82) is 0 Å². The molecule has 105 heavy (non-hydrogen) atoms. The maximum Gasteiger partial charge on any atom is 0.268 e. The molecule has 3 rings (SSSR count). The number of aliphatic hydroxyl groups excluding tert-OH is 2. The highest BCUT2D eigenvalue weighted by molar-refractivity contribution is 7.98. The first-order valence-electron chi connectivity index (χ1n) is 35.6. The monoisotopic (exact) mass is 1490 g/mol. The number of allylic oxidation sites excluding steroid dienone is 1. The number of aliphatic imine (C=N–C) groups is 1. The number of benzene rings is 2. The number of nitrogens with two attached hydrogens (primary N) is 2. The number of nitrogens with zero attached hydrogens (tertiary/aromatic N) is 1. The van der Waals surface area contributed by atoms with Gasteiger partial charge in [-0.1, -0.05) is 138 Å². The molecular weight excluding hydrogens is 1380 g/mol. The maximum absolute atomic E-state index is 14.8. The van der Waals surface area contributed by atoms with Crippen LogP contribution in [0.1, 0.15) is 141 Å². The Morgan fingerprint density at radius 2 is 0.771 bits per heavy atom. The van der Waals surface area contributed by atoms with Gasteiger partial charge in [0.25, 0.3) is 5.91 Å². The Labute approximate surface area is 619 Å². The van der Waals surface area contributed by atoms with E-state index in [0.717, 1.165) is 0 Å². The van der Waals surface area contributed by atoms with Crippen LogP contribution in [-0.4, -0.2) is 201 Å². The molecule has 2 aromatic carbocycles. The molecule has 1 aliphatic rings. The first-order valence-corrected chi connectivity index (χ1v) is 37.0. The van der Waals surface area contributed by atoms with Crippen LogP contribution in [0.2, 0.25) is 0 Å². The average Bonchev–Trinajstić information content (AvgIpc) is 0.840. The van der Waals surface area contributed by atoms with Crippen molar-refractivity contribution >= 4 is 94.5 Å². The fourth-order valence-corrected chi connectivity index (χ4v) is 11.6. The van der Waals surface area contributed by atoms with E-state index in [-0.39, 0.29) is 68.2 Å². The summed E-state index contributed by atoms with van der Waals surface area (Å²) < 4.78 is 0. The Morgan fingerprint density at radius 1 is 0.438 bits per heavy atom. The standard InChI is InChI=1S/C72H114N16O16S/c1-17-40(13)56-69(102)88-57(41(14)89)70(103)85-55(39(11)12)67(100)84-54(38(9)10)66(99)83-52(36(5)6)65(98)80-50(33-43-23-20-19-21-24-43)63(96)82-51(35(3)4)64(97)76-46(18-2)59(92)77-47(25-22-31-75-72(73)74)60(93)79-49(34-44-26-28-45(91)29-27-44)62(95)78-48(30-32-105-16)61(94)81-53(37(7)8)68(101)87-58(42(15)90)71(104)86-56/h18-21,23-24,26-29,35-42,47-58,89-91H,17,22,25,30-34H2,1-16H3,(H,76,97)(H,77,92)(H,78,95)(H,79,93)(H,80,98)(H,81,94)(H,82,96)(H,83,99)(H,84,100)(H,85,103)(H,86,104)(H,87,101)(H,88,102)(H4,73,74,75)/b46-18-/t40?,41-,42+,47-,48-,49+,50+,51-,52-,53-,54-,55+,56-,57-,58+/m0/s1. The number of carbonyl (C=O) groups is 13. The van der Waals surface area contributed by atoms with Gasteiger partial charge in [-0.15, -0.1) is 0 Å². The summed E-state index contributed by atoms with van der Waals surface area (Å²) >= 11 is 1.32. The van der Waals surface area contributed by atoms with Crippen molar-refractivity contribution in [2.24, 2.45) is 52.0 Å². The number of carbonyl (C=O) groups excluding carboxylic acids is 13. The lowest BCUT2D eigenvalue weighted by molar-refractivity contribution is -0.139. The highest BCUT2D eigenvalue weighted by Gasteiger charge is 2.41. The van der Waals surface area contributed by atoms with Gasteiger partial charge in [0.2, 0.25) is 70.9 Å². The molecule has 1 aliphatic heterocycles. The molecular formula is C72H114N16O16S. The molecule has 20 N–H and O–H groups in total. The summed E-state index contributed by atoms with van der Waals surface area (Å²) in [4.78, 5) is 193. The van der Waals surface area contributed by atoms with E-state index in [9.17, 15) is 77.6 Å². The van der Waals surface area contributed by atoms with Crippen LogP contribution in [0.25, 0.3) is 0 Å². The van der Waals surface area contributed by atoms with Crippen LogP contribution in [0, 0.1) is 35.5 Å². The van der Waals surface area contributed by atoms with Gasteiger partial charge in [-0.05, 0) is 111 Å². The van der Waals surface area contributed by atoms with E-state index >= 15 is 0 Å². The van der Waals surface area contributed by atoms with E-state index in [2.05, 4.69) is 74.1 Å². The molecule has 1 saturated heterocycles. The lowest BCUT2D eigenvalue weighted by Crippen LogP contribution is -2.64. The maximum atomic E-state index is 14.8. The van der Waals surface area contributed by atoms with Crippen LogP contribution in [-0.2, 0) is 75.2 Å². The van der Waals surface area contributed by atoms with Gasteiger partial charge in [-0.2, -0.15) is 11.8 Å². The number of aromatic hydroxyl groups is 1. The predicted molar refractivity (Wildman–Crippen MR) is 397 cm³/mol. The number of nitrogens with one attached hydrogen (secondary N) is 13. The third-order valence-electron chi connectivity index (χ3n) is 17.7. The van der Waals surface area contributed by atoms with Crippen LogP contribution in [0.4, 0.5) is 0 Å². The van der Waals surface area contributed by atoms with Crippen LogP contribution in [0.5, 0.6) is 5.75 Å². The fourth-order valence-electron chi connectivity index (χ4n) is 11.1. The van der Waals surface area contributed by atoms with Crippen LogP contribution in [0.3, 0.4) is 0 Å². The predicted octanol–water partition coefficient (Wildman–Crippen LogP) is -1.08. The number of aliphatic hydroxyl groups is 2. The molecule has 32 nitrogen and oxygen atoms in total. The van der Waals surface area contributed by atoms with Gasteiger partial charge in [0.15, 0.2) is 5.96 Å². The Morgan fingerprint density at radius 3 is 1.18 bits per heavy atom. The number of rotatable bonds is 20. The van der Waals surface area contributed by atoms with Crippen molar-refractivity contribution in [3.8, 4) is 5.75 Å². The second-order valence-electron chi connectivity index (χ2n) is 28.2. The number of guanidine groups is 1. The van der Waals surface area contributed by atoms with Crippen molar-refractivity contribution < 1.29 is 77.6 Å². The number of thioether (sulfide) groups is 1. The Bertz CT molecular complexity index is 3350. The van der Waals surface area contributed by atoms with Crippen LogP contribution in [0.15, 0.2) is 71.4 Å². The van der Waals surface area contributed by atoms with E-state index < -0.39 is 197 Å². The minimum absolute atomic E-state index is 0.0297. The van der Waals surface area contributed by atoms with Crippen LogP contribution >= 0.6 is 11.8 Å². The summed E-state index contributed by atoms with van der Waals surface area (Å²) in [5.74, 6) is -16.4. The Kier molecular flexibility index (Phi) is 37.5. The Hall–Kier alpha value is -9.37. The molecule has 1 fully saturated rings. The summed E-state index contributed by atoms with van der Waals surface area (Å²) in [5.41, 5.74) is 11.8. The van der Waals surface area contributed by atoms with Gasteiger partial charge in [-0.25, -0.2) is 0 Å². The lowest BCUT2D eigenvalue weighted by atomic mass is 9.96. The summed E-state index contributed by atoms with van der Waals surface area (Å²) in [7, 11) is 0. The molecule has 33 heteroatoms. The highest BCUT2D eigenvalue weighted by Crippen LogP contribution is 2.18. The van der Waals surface area contributed by atoms with Gasteiger partial charge < -0.3 is 95.9 Å². The zero-order valence-electron chi connectivity index (χ0n) is 63.1. The third kappa shape index (κ3) is 28.9. The summed E-state index contributed by atoms with van der Waals surface area (Å²) in [6.45, 7) is 23.1. The zero-order chi connectivity index (χ0) is 79.3. The van der Waals surface area contributed by atoms with Gasteiger partial charge in [0.05, 0.1) is 12.2 Å². The second-order valence-corrected chi connectivity index (χ2v) is 29.2. The van der Waals surface area contributed by atoms with Gasteiger partial charge >= 0.3 is 0 Å². The molecule has 0 bridgehead atoms. The first kappa shape index (κ1) is 89.8. The minimum Gasteiger partial charge on any atom is -0.508 e. The van der Waals surface area contributed by atoms with Crippen molar-refractivity contribution in [1.82, 2.24) is 69.1 Å². The lowest BCUT2D eigenvalue weighted by Gasteiger charge is -2.32. The molecule has 0 aromatic heterocycles. The van der Waals surface area contributed by atoms with Crippen LogP contribution < -0.4 is 80.6 Å². The van der Waals surface area contributed by atoms with Crippen molar-refractivity contribution in [2.75, 3.05) is 18.6 Å². The van der Waals surface area contributed by atoms with Crippen molar-refractivity contribution in [2.45, 2.75) is 227 Å². The van der Waals surface area contributed by atoms with Gasteiger partial charge in [-0.3, -0.25) is 67.3 Å². The molecule has 13 amide bonds. The summed E-state index contributed by atoms with van der Waals surface area (Å²) in [6, 6.07) is -3.74. The molecule has 15 atom stereocenters. The zero-order valence-corrected chi connectivity index (χ0v) is 64.0. The summed E-state index contributed by atoms with van der Waals surface area (Å²) in [6.07, 6.45) is -0.609. The molecule has 2 aromatic rings. The Balaban J connectivity index is 2.32. The third-order valence-corrected chi connectivity index (χ3v) is 18.3. The average molecular weight is 1490 g/mol. The van der Waals surface area contributed by atoms with E-state index in [0.29, 0.717) is 11.1 Å². The largest absolute Gasteiger partial charge is 0.508 e. The summed E-state index contributed by atoms with van der Waals surface area (Å²) in [5, 5.41) is 66.6. The molecule has 0 saturated carbocycles. The number of hydrogen-bond acceptors (Lipinski definition) is 18. The van der Waals surface area contributed by atoms with Crippen molar-refractivity contribution in [3.63, 3.8) is 0 Å². The molecule has 1 unspecified atom stereocenters. The second kappa shape index (κ2) is 43.8. The topological polar surface area (TPSA) is 503 Å². The van der Waals surface area contributed by atoms with Gasteiger partial charge in [0.1, 0.15) is 83.9 Å². The first-order chi connectivity index (χ1) is 49.3. The van der Waals surface area contributed by atoms with E-state index in [1.54, 1.807) is 120 Å². The normalized spacial score (nSPS) is 25.7.